The van der Waals surface area contributed by atoms with Crippen LogP contribution in [0.4, 0.5) is 5.82 Å². The number of nitrogens with one attached hydrogen (secondary N) is 1. The Morgan fingerprint density at radius 2 is 1.96 bits per heavy atom. The first kappa shape index (κ1) is 16.7. The van der Waals surface area contributed by atoms with Crippen molar-refractivity contribution in [1.29, 1.82) is 0 Å². The minimum Gasteiger partial charge on any atom is -0.368 e. The van der Waals surface area contributed by atoms with Gasteiger partial charge in [0, 0.05) is 25.6 Å². The van der Waals surface area contributed by atoms with E-state index in [-0.39, 0.29) is 5.28 Å². The van der Waals surface area contributed by atoms with Crippen LogP contribution in [0.1, 0.15) is 38.9 Å². The first-order valence-electron chi connectivity index (χ1n) is 7.90. The molecule has 1 saturated heterocycles. The van der Waals surface area contributed by atoms with Gasteiger partial charge in [-0.2, -0.15) is 9.97 Å². The van der Waals surface area contributed by atoms with Crippen molar-refractivity contribution in [3.63, 3.8) is 0 Å². The van der Waals surface area contributed by atoms with E-state index in [1.165, 1.54) is 0 Å². The number of alkyl halides is 1. The number of hydrogen-bond donors (Lipinski definition) is 1. The largest absolute Gasteiger partial charge is 0.368 e. The summed E-state index contributed by atoms with van der Waals surface area (Å²) in [7, 11) is 0. The Hall–Kier alpha value is -1.11. The van der Waals surface area contributed by atoms with E-state index in [9.17, 15) is 0 Å². The molecule has 0 unspecified atom stereocenters. The number of anilines is 1. The quantitative estimate of drug-likeness (QED) is 0.486. The number of aromatic nitrogens is 4. The smallest absolute Gasteiger partial charge is 0.226 e. The third-order valence-corrected chi connectivity index (χ3v) is 4.46. The van der Waals surface area contributed by atoms with Crippen LogP contribution in [0.3, 0.4) is 0 Å². The maximum Gasteiger partial charge on any atom is 0.226 e. The van der Waals surface area contributed by atoms with E-state index >= 15 is 0 Å². The molecule has 126 valence electrons. The zero-order valence-corrected chi connectivity index (χ0v) is 14.9. The molecule has 6 nitrogen and oxygen atoms in total. The Balaban J connectivity index is 1.96. The predicted molar refractivity (Wildman–Crippen MR) is 92.5 cm³/mol. The number of imidazole rings is 1. The Morgan fingerprint density at radius 3 is 2.65 bits per heavy atom. The van der Waals surface area contributed by atoms with Gasteiger partial charge in [0.1, 0.15) is 16.9 Å². The summed E-state index contributed by atoms with van der Waals surface area (Å²) < 4.78 is 5.91. The van der Waals surface area contributed by atoms with Crippen molar-refractivity contribution in [2.24, 2.45) is 0 Å². The fourth-order valence-corrected chi connectivity index (χ4v) is 3.02. The van der Waals surface area contributed by atoms with Gasteiger partial charge in [-0.15, -0.1) is 11.6 Å². The highest BCUT2D eigenvalue weighted by Gasteiger charge is 2.28. The Kier molecular flexibility index (Phi) is 4.94. The molecule has 0 bridgehead atoms. The molecular weight excluding hydrogens is 337 g/mol. The van der Waals surface area contributed by atoms with Crippen LogP contribution in [-0.2, 0) is 10.3 Å². The maximum atomic E-state index is 6.08. The van der Waals surface area contributed by atoms with Crippen molar-refractivity contribution < 1.29 is 4.74 Å². The Labute approximate surface area is 145 Å². The maximum absolute atomic E-state index is 6.08. The molecule has 23 heavy (non-hydrogen) atoms. The van der Waals surface area contributed by atoms with Gasteiger partial charge in [0.05, 0.1) is 0 Å². The van der Waals surface area contributed by atoms with Crippen LogP contribution in [0, 0.1) is 0 Å². The molecule has 2 aromatic heterocycles. The lowest BCUT2D eigenvalue weighted by Crippen LogP contribution is -2.24. The molecular formula is C15H21Cl2N5O. The number of H-pyrrole nitrogens is 1. The summed E-state index contributed by atoms with van der Waals surface area (Å²) in [4.78, 5) is 18.8. The summed E-state index contributed by atoms with van der Waals surface area (Å²) in [5.41, 5.74) is 0.845. The van der Waals surface area contributed by atoms with Crippen LogP contribution in [0.2, 0.25) is 5.28 Å². The van der Waals surface area contributed by atoms with Gasteiger partial charge in [0.15, 0.2) is 11.5 Å². The first-order valence-corrected chi connectivity index (χ1v) is 8.81. The van der Waals surface area contributed by atoms with Gasteiger partial charge in [-0.25, -0.2) is 4.98 Å². The summed E-state index contributed by atoms with van der Waals surface area (Å²) in [6.45, 7) is 6.49. The zero-order valence-electron chi connectivity index (χ0n) is 13.4. The number of ether oxygens (including phenoxy) is 1. The second kappa shape index (κ2) is 6.79. The predicted octanol–water partition coefficient (Wildman–Crippen LogP) is 3.49. The van der Waals surface area contributed by atoms with Gasteiger partial charge >= 0.3 is 0 Å². The third kappa shape index (κ3) is 3.54. The van der Waals surface area contributed by atoms with Crippen molar-refractivity contribution in [2.75, 3.05) is 30.5 Å². The van der Waals surface area contributed by atoms with Crippen LogP contribution in [0.25, 0.3) is 11.2 Å². The number of fused-ring (bicyclic) bond motifs is 1. The molecule has 8 heteroatoms. The standard InChI is InChI=1S/C15H21Cl2N5O/c1-15(2,23-9-5-6-16)13-18-10-11(19-13)20-14(17)21-12(10)22-7-3-4-8-22/h3-9H2,1-2H3,(H,18,19,20,21). The SMILES string of the molecule is CC(C)(OCCCCl)c1nc2nc(Cl)nc(N3CCCC3)c2[nH]1. The summed E-state index contributed by atoms with van der Waals surface area (Å²) in [5, 5.41) is 0.221. The molecule has 0 saturated carbocycles. The first-order chi connectivity index (χ1) is 11.0. The zero-order chi connectivity index (χ0) is 16.4. The van der Waals surface area contributed by atoms with Crippen LogP contribution in [0.15, 0.2) is 0 Å². The Bertz CT molecular complexity index is 682. The number of rotatable bonds is 6. The van der Waals surface area contributed by atoms with E-state index in [1.54, 1.807) is 0 Å². The highest BCUT2D eigenvalue weighted by atomic mass is 35.5. The van der Waals surface area contributed by atoms with E-state index in [4.69, 9.17) is 27.9 Å². The molecule has 0 spiro atoms. The molecule has 0 radical (unpaired) electrons. The van der Waals surface area contributed by atoms with Crippen LogP contribution in [0.5, 0.6) is 0 Å². The number of aromatic amines is 1. The molecule has 0 aromatic carbocycles. The highest BCUT2D eigenvalue weighted by molar-refractivity contribution is 6.28. The summed E-state index contributed by atoms with van der Waals surface area (Å²) in [5.74, 6) is 2.13. The van der Waals surface area contributed by atoms with Gasteiger partial charge < -0.3 is 14.6 Å². The topological polar surface area (TPSA) is 66.9 Å². The van der Waals surface area contributed by atoms with Crippen LogP contribution in [-0.4, -0.2) is 45.5 Å². The lowest BCUT2D eigenvalue weighted by Gasteiger charge is -2.22. The molecule has 0 aliphatic carbocycles. The van der Waals surface area contributed by atoms with E-state index in [1.807, 2.05) is 13.8 Å². The molecule has 1 N–H and O–H groups in total. The number of nitrogens with zero attached hydrogens (tertiary/aromatic N) is 4. The van der Waals surface area contributed by atoms with Crippen LogP contribution >= 0.6 is 23.2 Å². The minimum atomic E-state index is -0.554. The summed E-state index contributed by atoms with van der Waals surface area (Å²) >= 11 is 11.8. The third-order valence-electron chi connectivity index (χ3n) is 4.02. The second-order valence-electron chi connectivity index (χ2n) is 6.20. The fourth-order valence-electron chi connectivity index (χ4n) is 2.75. The minimum absolute atomic E-state index is 0.221. The molecule has 1 aliphatic heterocycles. The van der Waals surface area contributed by atoms with Crippen molar-refractivity contribution in [1.82, 2.24) is 19.9 Å². The van der Waals surface area contributed by atoms with Crippen molar-refractivity contribution in [3.05, 3.63) is 11.1 Å². The molecule has 1 fully saturated rings. The van der Waals surface area contributed by atoms with Gasteiger partial charge in [-0.1, -0.05) is 0 Å². The second-order valence-corrected chi connectivity index (χ2v) is 6.91. The van der Waals surface area contributed by atoms with Crippen molar-refractivity contribution in [2.45, 2.75) is 38.7 Å². The molecule has 0 atom stereocenters. The molecule has 2 aromatic rings. The van der Waals surface area contributed by atoms with E-state index in [0.717, 1.165) is 49.5 Å². The van der Waals surface area contributed by atoms with Gasteiger partial charge in [0.2, 0.25) is 5.28 Å². The number of hydrogen-bond acceptors (Lipinski definition) is 5. The number of halogens is 2. The van der Waals surface area contributed by atoms with Crippen LogP contribution < -0.4 is 4.90 Å². The van der Waals surface area contributed by atoms with Crippen molar-refractivity contribution >= 4 is 40.2 Å². The van der Waals surface area contributed by atoms with Gasteiger partial charge in [-0.3, -0.25) is 0 Å². The van der Waals surface area contributed by atoms with E-state index in [0.29, 0.717) is 18.1 Å². The van der Waals surface area contributed by atoms with E-state index < -0.39 is 5.60 Å². The van der Waals surface area contributed by atoms with E-state index in [2.05, 4.69) is 24.8 Å². The fraction of sp³-hybridized carbons (Fsp3) is 0.667. The summed E-state index contributed by atoms with van der Waals surface area (Å²) in [6.07, 6.45) is 3.13. The summed E-state index contributed by atoms with van der Waals surface area (Å²) in [6, 6.07) is 0. The molecule has 0 amide bonds. The lowest BCUT2D eigenvalue weighted by atomic mass is 10.1. The van der Waals surface area contributed by atoms with Gasteiger partial charge in [-0.05, 0) is 44.7 Å². The molecule has 3 heterocycles. The van der Waals surface area contributed by atoms with Crippen molar-refractivity contribution in [3.8, 4) is 0 Å². The monoisotopic (exact) mass is 357 g/mol. The van der Waals surface area contributed by atoms with Gasteiger partial charge in [0.25, 0.3) is 0 Å². The highest BCUT2D eigenvalue weighted by Crippen LogP contribution is 2.30. The Morgan fingerprint density at radius 1 is 1.22 bits per heavy atom. The average molecular weight is 358 g/mol. The molecule has 1 aliphatic rings. The normalized spacial score (nSPS) is 15.7. The molecule has 3 rings (SSSR count). The average Bonchev–Trinajstić information content (AvgIpc) is 3.16. The lowest BCUT2D eigenvalue weighted by molar-refractivity contribution is -0.0267.